The number of ketones is 1. The number of Topliss-reactive ketones (excluding diaryl/α,β-unsaturated/α-hetero) is 1. The number of carbonyl (C=O) groups excluding carboxylic acids is 2. The number of hydrogen-bond donors (Lipinski definition) is 0. The zero-order chi connectivity index (χ0) is 12.8. The molecule has 0 saturated carbocycles. The molecule has 0 spiro atoms. The molecule has 0 aliphatic heterocycles. The molecule has 0 saturated heterocycles. The van der Waals surface area contributed by atoms with E-state index in [4.69, 9.17) is 4.74 Å². The van der Waals surface area contributed by atoms with Crippen molar-refractivity contribution in [2.45, 2.75) is 20.3 Å². The molecule has 1 rings (SSSR count). The monoisotopic (exact) mass is 298 g/mol. The summed E-state index contributed by atoms with van der Waals surface area (Å²) in [5.41, 5.74) is 1.96. The molecule has 0 atom stereocenters. The first-order valence-corrected chi connectivity index (χ1v) is 6.59. The molecule has 3 nitrogen and oxygen atoms in total. The second kappa shape index (κ2) is 6.55. The largest absolute Gasteiger partial charge is 0.462 e. The Labute approximate surface area is 109 Å². The van der Waals surface area contributed by atoms with Crippen molar-refractivity contribution >= 4 is 27.7 Å². The van der Waals surface area contributed by atoms with Crippen molar-refractivity contribution in [1.29, 1.82) is 0 Å². The minimum atomic E-state index is -0.352. The molecule has 0 N–H and O–H groups in total. The highest BCUT2D eigenvalue weighted by molar-refractivity contribution is 9.09. The van der Waals surface area contributed by atoms with Crippen LogP contribution >= 0.6 is 15.9 Å². The molecule has 1 aromatic rings. The van der Waals surface area contributed by atoms with Gasteiger partial charge < -0.3 is 4.74 Å². The van der Waals surface area contributed by atoms with Gasteiger partial charge in [0.1, 0.15) is 0 Å². The van der Waals surface area contributed by atoms with Crippen LogP contribution in [0.3, 0.4) is 0 Å². The third kappa shape index (κ3) is 3.66. The van der Waals surface area contributed by atoms with Crippen LogP contribution in [0.25, 0.3) is 0 Å². The molecule has 17 heavy (non-hydrogen) atoms. The van der Waals surface area contributed by atoms with E-state index in [9.17, 15) is 9.59 Å². The average Bonchev–Trinajstić information content (AvgIpc) is 2.29. The lowest BCUT2D eigenvalue weighted by molar-refractivity contribution is 0.0526. The first-order valence-electron chi connectivity index (χ1n) is 5.47. The molecule has 92 valence electrons. The quantitative estimate of drug-likeness (QED) is 0.476. The Morgan fingerprint density at radius 1 is 1.35 bits per heavy atom. The van der Waals surface area contributed by atoms with Crippen molar-refractivity contribution in [2.24, 2.45) is 0 Å². The number of aryl methyl sites for hydroxylation is 1. The van der Waals surface area contributed by atoms with Crippen LogP contribution in [-0.4, -0.2) is 23.7 Å². The zero-order valence-corrected chi connectivity index (χ0v) is 11.5. The van der Waals surface area contributed by atoms with Crippen molar-refractivity contribution in [2.75, 3.05) is 11.9 Å². The van der Waals surface area contributed by atoms with E-state index in [2.05, 4.69) is 15.9 Å². The summed E-state index contributed by atoms with van der Waals surface area (Å²) in [6, 6.07) is 5.01. The topological polar surface area (TPSA) is 43.4 Å². The van der Waals surface area contributed by atoms with Gasteiger partial charge in [-0.05, 0) is 31.5 Å². The van der Waals surface area contributed by atoms with Crippen molar-refractivity contribution in [1.82, 2.24) is 0 Å². The van der Waals surface area contributed by atoms with E-state index in [0.717, 1.165) is 5.56 Å². The smallest absolute Gasteiger partial charge is 0.338 e. The van der Waals surface area contributed by atoms with E-state index in [1.165, 1.54) is 0 Å². The van der Waals surface area contributed by atoms with Crippen LogP contribution in [0.5, 0.6) is 0 Å². The van der Waals surface area contributed by atoms with Gasteiger partial charge in [0.05, 0.1) is 12.2 Å². The van der Waals surface area contributed by atoms with Crippen LogP contribution in [0.15, 0.2) is 18.2 Å². The lowest BCUT2D eigenvalue weighted by Gasteiger charge is -2.07. The number of halogens is 1. The average molecular weight is 299 g/mol. The molecule has 0 heterocycles. The Kier molecular flexibility index (Phi) is 5.35. The Morgan fingerprint density at radius 2 is 2.06 bits per heavy atom. The fourth-order valence-corrected chi connectivity index (χ4v) is 1.90. The fraction of sp³-hybridized carbons (Fsp3) is 0.385. The summed E-state index contributed by atoms with van der Waals surface area (Å²) in [5.74, 6) is -0.273. The molecule has 4 heteroatoms. The second-order valence-electron chi connectivity index (χ2n) is 3.61. The van der Waals surface area contributed by atoms with Crippen LogP contribution < -0.4 is 0 Å². The van der Waals surface area contributed by atoms with E-state index in [-0.39, 0.29) is 11.8 Å². The van der Waals surface area contributed by atoms with Gasteiger partial charge in [-0.1, -0.05) is 22.0 Å². The Balaban J connectivity index is 2.93. The molecule has 0 amide bonds. The lowest BCUT2D eigenvalue weighted by Crippen LogP contribution is -2.07. The number of hydrogen-bond acceptors (Lipinski definition) is 3. The highest BCUT2D eigenvalue weighted by atomic mass is 79.9. The van der Waals surface area contributed by atoms with Gasteiger partial charge in [0.25, 0.3) is 0 Å². The molecule has 0 aliphatic rings. The van der Waals surface area contributed by atoms with Crippen LogP contribution in [0.2, 0.25) is 0 Å². The summed E-state index contributed by atoms with van der Waals surface area (Å²) in [4.78, 5) is 23.2. The maximum Gasteiger partial charge on any atom is 0.338 e. The van der Waals surface area contributed by atoms with E-state index >= 15 is 0 Å². The molecule has 0 aromatic heterocycles. The summed E-state index contributed by atoms with van der Waals surface area (Å²) in [6.07, 6.45) is 0.458. The Bertz CT molecular complexity index is 427. The summed E-state index contributed by atoms with van der Waals surface area (Å²) in [5, 5.41) is 0.644. The predicted molar refractivity (Wildman–Crippen MR) is 69.9 cm³/mol. The van der Waals surface area contributed by atoms with Gasteiger partial charge in [0.2, 0.25) is 0 Å². The molecule has 0 radical (unpaired) electrons. The minimum absolute atomic E-state index is 0.0785. The van der Waals surface area contributed by atoms with E-state index in [1.54, 1.807) is 25.1 Å². The zero-order valence-electron chi connectivity index (χ0n) is 9.96. The summed E-state index contributed by atoms with van der Waals surface area (Å²) in [6.45, 7) is 3.94. The van der Waals surface area contributed by atoms with Crippen LogP contribution in [-0.2, 0) is 4.74 Å². The predicted octanol–water partition coefficient (Wildman–Crippen LogP) is 3.14. The Hall–Kier alpha value is -1.16. The van der Waals surface area contributed by atoms with E-state index in [1.807, 2.05) is 6.92 Å². The number of carbonyl (C=O) groups is 2. The van der Waals surface area contributed by atoms with Gasteiger partial charge >= 0.3 is 5.97 Å². The molecular weight excluding hydrogens is 284 g/mol. The number of alkyl halides is 1. The van der Waals surface area contributed by atoms with Gasteiger partial charge in [-0.25, -0.2) is 4.79 Å². The van der Waals surface area contributed by atoms with Crippen molar-refractivity contribution in [3.05, 3.63) is 34.9 Å². The molecule has 0 unspecified atom stereocenters. The van der Waals surface area contributed by atoms with Gasteiger partial charge in [0.15, 0.2) is 5.78 Å². The van der Waals surface area contributed by atoms with Crippen molar-refractivity contribution < 1.29 is 14.3 Å². The lowest BCUT2D eigenvalue weighted by atomic mass is 10.0. The molecule has 0 fully saturated rings. The molecule has 0 bridgehead atoms. The molecule has 1 aromatic carbocycles. The fourth-order valence-electron chi connectivity index (χ4n) is 1.54. The van der Waals surface area contributed by atoms with Crippen LogP contribution in [0, 0.1) is 6.92 Å². The maximum atomic E-state index is 11.7. The highest BCUT2D eigenvalue weighted by Crippen LogP contribution is 2.14. The van der Waals surface area contributed by atoms with Gasteiger partial charge in [-0.3, -0.25) is 4.79 Å². The number of benzene rings is 1. The first kappa shape index (κ1) is 13.9. The summed E-state index contributed by atoms with van der Waals surface area (Å²) >= 11 is 3.24. The van der Waals surface area contributed by atoms with E-state index < -0.39 is 0 Å². The van der Waals surface area contributed by atoms with Crippen molar-refractivity contribution in [3.8, 4) is 0 Å². The third-order valence-electron chi connectivity index (χ3n) is 2.36. The van der Waals surface area contributed by atoms with Gasteiger partial charge in [0, 0.05) is 17.3 Å². The SMILES string of the molecule is CCOC(=O)c1ccc(C(=O)CCBr)c(C)c1. The minimum Gasteiger partial charge on any atom is -0.462 e. The van der Waals surface area contributed by atoms with Crippen LogP contribution in [0.4, 0.5) is 0 Å². The van der Waals surface area contributed by atoms with E-state index in [0.29, 0.717) is 29.5 Å². The van der Waals surface area contributed by atoms with Gasteiger partial charge in [-0.15, -0.1) is 0 Å². The molecule has 0 aliphatic carbocycles. The first-order chi connectivity index (χ1) is 8.10. The van der Waals surface area contributed by atoms with Crippen molar-refractivity contribution in [3.63, 3.8) is 0 Å². The standard InChI is InChI=1S/C13H15BrO3/c1-3-17-13(16)10-4-5-11(9(2)8-10)12(15)6-7-14/h4-5,8H,3,6-7H2,1-2H3. The Morgan fingerprint density at radius 3 is 2.59 bits per heavy atom. The van der Waals surface area contributed by atoms with Gasteiger partial charge in [-0.2, -0.15) is 0 Å². The second-order valence-corrected chi connectivity index (χ2v) is 4.41. The number of esters is 1. The highest BCUT2D eigenvalue weighted by Gasteiger charge is 2.12. The van der Waals surface area contributed by atoms with Crippen LogP contribution in [0.1, 0.15) is 39.6 Å². The number of rotatable bonds is 5. The third-order valence-corrected chi connectivity index (χ3v) is 2.76. The number of ether oxygens (including phenoxy) is 1. The maximum absolute atomic E-state index is 11.7. The summed E-state index contributed by atoms with van der Waals surface area (Å²) < 4.78 is 4.90. The summed E-state index contributed by atoms with van der Waals surface area (Å²) in [7, 11) is 0. The normalized spacial score (nSPS) is 10.1. The molecular formula is C13H15BrO3.